The maximum Gasteiger partial charge on any atom is 0.416 e. The first-order valence-corrected chi connectivity index (χ1v) is 19.2. The molecule has 2 aromatic carbocycles. The van der Waals surface area contributed by atoms with Crippen LogP contribution in [0.2, 0.25) is 0 Å². The number of carbonyl (C=O) groups excluding carboxylic acids is 3. The number of allylic oxidation sites excluding steroid dienone is 1. The van der Waals surface area contributed by atoms with Crippen molar-refractivity contribution in [3.05, 3.63) is 78.5 Å². The molecule has 1 aromatic heterocycles. The average molecular weight is 740 g/mol. The number of sulfonamides is 1. The zero-order chi connectivity index (χ0) is 36.7. The number of anilines is 1. The van der Waals surface area contributed by atoms with Gasteiger partial charge in [0.2, 0.25) is 27.7 Å². The zero-order valence-corrected chi connectivity index (χ0v) is 29.1. The molecule has 0 unspecified atom stereocenters. The van der Waals surface area contributed by atoms with Crippen LogP contribution < -0.4 is 20.1 Å². The van der Waals surface area contributed by atoms with E-state index in [1.54, 1.807) is 6.20 Å². The van der Waals surface area contributed by atoms with Crippen molar-refractivity contribution in [3.63, 3.8) is 0 Å². The Morgan fingerprint density at radius 2 is 1.83 bits per heavy atom. The summed E-state index contributed by atoms with van der Waals surface area (Å²) in [6.07, 6.45) is 4.13. The first kappa shape index (κ1) is 35.7. The van der Waals surface area contributed by atoms with Gasteiger partial charge in [0.25, 0.3) is 5.91 Å². The van der Waals surface area contributed by atoms with E-state index < -0.39 is 74.4 Å². The predicted octanol–water partition coefficient (Wildman–Crippen LogP) is 5.09. The molecule has 0 radical (unpaired) electrons. The lowest BCUT2D eigenvalue weighted by atomic mass is 10.0. The van der Waals surface area contributed by atoms with Crippen molar-refractivity contribution in [2.45, 2.75) is 92.9 Å². The molecule has 3 amide bonds. The van der Waals surface area contributed by atoms with Gasteiger partial charge in [0.15, 0.2) is 0 Å². The number of fused-ring (bicyclic) bond motifs is 3. The van der Waals surface area contributed by atoms with Gasteiger partial charge in [0, 0.05) is 29.6 Å². The number of carbonyl (C=O) groups is 3. The standard InChI is InChI=1S/C37H40F3N5O6S/c38-37(39,40)24-11-8-12-26(19-24)42-30-14-5-3-1-2-4-10-25-21-36(25,35(48)44-52(49,50)28-15-16-28)43-32(46)31-20-27(22-45(31)34(30)47)51-33-29-13-7-6-9-23(29)17-18-41-33/h4,6-13,17-19,25,27-28,30-31,42H,1-3,5,14-16,20-22H2,(H,43,46)(H,44,48)/b10-4-/t25-,27+,30-,31-,36+/m0/s1. The Morgan fingerprint density at radius 1 is 1.02 bits per heavy atom. The van der Waals surface area contributed by atoms with Crippen LogP contribution in [0.1, 0.15) is 63.4 Å². The van der Waals surface area contributed by atoms with E-state index in [0.717, 1.165) is 29.3 Å². The number of pyridine rings is 1. The quantitative estimate of drug-likeness (QED) is 0.285. The third-order valence-electron chi connectivity index (χ3n) is 10.3. The monoisotopic (exact) mass is 739 g/mol. The third kappa shape index (κ3) is 7.59. The van der Waals surface area contributed by atoms with Crippen LogP contribution in [0, 0.1) is 5.92 Å². The Morgan fingerprint density at radius 3 is 2.62 bits per heavy atom. The fraction of sp³-hybridized carbons (Fsp3) is 0.459. The molecule has 15 heteroatoms. The van der Waals surface area contributed by atoms with Crippen molar-refractivity contribution in [3.8, 4) is 5.88 Å². The van der Waals surface area contributed by atoms with E-state index in [1.165, 1.54) is 17.0 Å². The normalized spacial score (nSPS) is 27.7. The highest BCUT2D eigenvalue weighted by Crippen LogP contribution is 2.46. The largest absolute Gasteiger partial charge is 0.472 e. The molecule has 276 valence electrons. The van der Waals surface area contributed by atoms with Crippen molar-refractivity contribution in [2.75, 3.05) is 11.9 Å². The fourth-order valence-corrected chi connectivity index (χ4v) is 8.54. The summed E-state index contributed by atoms with van der Waals surface area (Å²) in [5, 5.41) is 6.81. The number of rotatable bonds is 7. The first-order valence-electron chi connectivity index (χ1n) is 17.6. The summed E-state index contributed by atoms with van der Waals surface area (Å²) in [5.41, 5.74) is -2.29. The number of nitrogens with one attached hydrogen (secondary N) is 3. The molecule has 4 aliphatic rings. The van der Waals surface area contributed by atoms with Gasteiger partial charge in [-0.25, -0.2) is 13.4 Å². The summed E-state index contributed by atoms with van der Waals surface area (Å²) in [5.74, 6) is -2.13. The molecular weight excluding hydrogens is 699 g/mol. The summed E-state index contributed by atoms with van der Waals surface area (Å²) in [4.78, 5) is 48.2. The molecule has 3 heterocycles. The lowest BCUT2D eigenvalue weighted by Gasteiger charge is -2.30. The van der Waals surface area contributed by atoms with Crippen LogP contribution in [0.25, 0.3) is 10.8 Å². The van der Waals surface area contributed by atoms with Gasteiger partial charge in [0.1, 0.15) is 23.7 Å². The average Bonchev–Trinajstić information content (AvgIpc) is 4.04. The minimum absolute atomic E-state index is 0.0251. The Balaban J connectivity index is 1.20. The van der Waals surface area contributed by atoms with Crippen LogP contribution in [0.3, 0.4) is 0 Å². The Hall–Kier alpha value is -4.66. The summed E-state index contributed by atoms with van der Waals surface area (Å²) in [7, 11) is -3.91. The van der Waals surface area contributed by atoms with Crippen molar-refractivity contribution in [1.29, 1.82) is 0 Å². The number of amides is 3. The molecule has 0 bridgehead atoms. The molecule has 5 atom stereocenters. The summed E-state index contributed by atoms with van der Waals surface area (Å²) in [6.45, 7) is -0.0405. The fourth-order valence-electron chi connectivity index (χ4n) is 7.18. The first-order chi connectivity index (χ1) is 24.8. The summed E-state index contributed by atoms with van der Waals surface area (Å²) >= 11 is 0. The molecule has 7 rings (SSSR count). The van der Waals surface area contributed by atoms with Crippen LogP contribution in [0.15, 0.2) is 72.9 Å². The number of hydrogen-bond acceptors (Lipinski definition) is 8. The van der Waals surface area contributed by atoms with E-state index in [2.05, 4.69) is 20.3 Å². The lowest BCUT2D eigenvalue weighted by Crippen LogP contribution is -2.57. The van der Waals surface area contributed by atoms with Crippen LogP contribution >= 0.6 is 0 Å². The van der Waals surface area contributed by atoms with Crippen LogP contribution in [-0.2, 0) is 30.6 Å². The molecule has 1 saturated heterocycles. The summed E-state index contributed by atoms with van der Waals surface area (Å²) in [6, 6.07) is 11.8. The van der Waals surface area contributed by atoms with Crippen molar-refractivity contribution in [1.82, 2.24) is 19.9 Å². The van der Waals surface area contributed by atoms with Gasteiger partial charge < -0.3 is 20.3 Å². The van der Waals surface area contributed by atoms with Gasteiger partial charge in [-0.05, 0) is 74.2 Å². The molecule has 2 aliphatic heterocycles. The van der Waals surface area contributed by atoms with Crippen LogP contribution in [-0.4, -0.2) is 71.5 Å². The third-order valence-corrected chi connectivity index (χ3v) is 12.1. The van der Waals surface area contributed by atoms with Crippen LogP contribution in [0.5, 0.6) is 5.88 Å². The highest BCUT2D eigenvalue weighted by molar-refractivity contribution is 7.91. The van der Waals surface area contributed by atoms with Crippen molar-refractivity contribution in [2.24, 2.45) is 5.92 Å². The van der Waals surface area contributed by atoms with Gasteiger partial charge in [-0.1, -0.05) is 49.3 Å². The molecule has 3 N–H and O–H groups in total. The number of halogens is 3. The molecule has 52 heavy (non-hydrogen) atoms. The number of alkyl halides is 3. The van der Waals surface area contributed by atoms with Crippen molar-refractivity contribution >= 4 is 44.2 Å². The van der Waals surface area contributed by atoms with Crippen LogP contribution in [0.4, 0.5) is 18.9 Å². The van der Waals surface area contributed by atoms with Gasteiger partial charge in [0.05, 0.1) is 17.4 Å². The second-order valence-corrected chi connectivity index (χ2v) is 16.1. The predicted molar refractivity (Wildman–Crippen MR) is 186 cm³/mol. The molecule has 3 fully saturated rings. The molecule has 2 aliphatic carbocycles. The van der Waals surface area contributed by atoms with E-state index in [1.807, 2.05) is 42.5 Å². The second-order valence-electron chi connectivity index (χ2n) is 14.1. The molecule has 2 saturated carbocycles. The lowest BCUT2D eigenvalue weighted by molar-refractivity contribution is -0.140. The Labute approximate surface area is 299 Å². The maximum atomic E-state index is 14.5. The highest BCUT2D eigenvalue weighted by Gasteiger charge is 2.62. The van der Waals surface area contributed by atoms with E-state index in [0.29, 0.717) is 38.0 Å². The molecule has 11 nitrogen and oxygen atoms in total. The van der Waals surface area contributed by atoms with E-state index in [4.69, 9.17) is 4.74 Å². The number of hydrogen-bond donors (Lipinski definition) is 3. The molecular formula is C37H40F3N5O6S. The van der Waals surface area contributed by atoms with E-state index >= 15 is 0 Å². The van der Waals surface area contributed by atoms with Gasteiger partial charge in [-0.2, -0.15) is 13.2 Å². The van der Waals surface area contributed by atoms with E-state index in [9.17, 15) is 36.0 Å². The SMILES string of the molecule is O=C1N[C@]2(C(=O)NS(=O)(=O)C3CC3)C[C@@H]2/C=C\CCCCC[C@H](Nc2cccc(C(F)(F)F)c2)C(=O)N2C[C@H](Oc3nccc4ccccc34)C[C@@H]12. The van der Waals surface area contributed by atoms with Gasteiger partial charge in [-0.3, -0.25) is 19.1 Å². The smallest absolute Gasteiger partial charge is 0.416 e. The molecule has 0 spiro atoms. The number of benzene rings is 2. The van der Waals surface area contributed by atoms with Gasteiger partial charge >= 0.3 is 6.18 Å². The number of aromatic nitrogens is 1. The summed E-state index contributed by atoms with van der Waals surface area (Å²) < 4.78 is 74.9. The number of ether oxygens (including phenoxy) is 1. The van der Waals surface area contributed by atoms with Crippen molar-refractivity contribution < 1.29 is 40.7 Å². The Bertz CT molecular complexity index is 2000. The zero-order valence-electron chi connectivity index (χ0n) is 28.3. The number of nitrogens with zero attached hydrogens (tertiary/aromatic N) is 2. The maximum absolute atomic E-state index is 14.5. The second kappa shape index (κ2) is 14.1. The topological polar surface area (TPSA) is 147 Å². The highest BCUT2D eigenvalue weighted by atomic mass is 32.2. The Kier molecular flexibility index (Phi) is 9.65. The minimum Gasteiger partial charge on any atom is -0.472 e. The minimum atomic E-state index is -4.59. The molecule has 3 aromatic rings. The van der Waals surface area contributed by atoms with Gasteiger partial charge in [-0.15, -0.1) is 0 Å². The van der Waals surface area contributed by atoms with E-state index in [-0.39, 0.29) is 31.5 Å².